The van der Waals surface area contributed by atoms with E-state index in [0.29, 0.717) is 23.2 Å². The largest absolute Gasteiger partial charge is 0.296 e. The molecule has 1 N–H and O–H groups in total. The van der Waals surface area contributed by atoms with Crippen LogP contribution in [-0.4, -0.2) is 16.4 Å². The van der Waals surface area contributed by atoms with Crippen molar-refractivity contribution in [2.75, 3.05) is 6.26 Å². The smallest absolute Gasteiger partial charge is 0.230 e. The fourth-order valence-corrected chi connectivity index (χ4v) is 11.5. The van der Waals surface area contributed by atoms with Gasteiger partial charge in [-0.2, -0.15) is 0 Å². The molecule has 4 aliphatic rings. The molecule has 1 aromatic carbocycles. The first-order chi connectivity index (χ1) is 18.2. The highest BCUT2D eigenvalue weighted by Gasteiger charge is 2.61. The molecule has 4 aliphatic carbocycles. The van der Waals surface area contributed by atoms with E-state index in [4.69, 9.17) is 0 Å². The van der Waals surface area contributed by atoms with Crippen LogP contribution in [0, 0.1) is 52.3 Å². The Morgan fingerprint density at radius 1 is 1.03 bits per heavy atom. The van der Waals surface area contributed by atoms with Crippen molar-refractivity contribution in [3.8, 4) is 0 Å². The molecule has 5 rings (SSSR count). The van der Waals surface area contributed by atoms with E-state index in [2.05, 4.69) is 32.4 Å². The highest BCUT2D eigenvalue weighted by atomic mass is 32.2. The average Bonchev–Trinajstić information content (AvgIpc) is 3.27. The minimum Gasteiger partial charge on any atom is -0.296 e. The number of benzene rings is 1. The van der Waals surface area contributed by atoms with Gasteiger partial charge in [-0.15, -0.1) is 0 Å². The zero-order valence-corrected chi connectivity index (χ0v) is 26.1. The first-order valence-corrected chi connectivity index (χ1v) is 17.9. The summed E-state index contributed by atoms with van der Waals surface area (Å²) in [5.41, 5.74) is 1.06. The van der Waals surface area contributed by atoms with Gasteiger partial charge in [-0.1, -0.05) is 47.0 Å². The zero-order valence-electron chi connectivity index (χ0n) is 24.5. The van der Waals surface area contributed by atoms with Crippen LogP contribution in [0.4, 0.5) is 0 Å². The van der Waals surface area contributed by atoms with Crippen LogP contribution < -0.4 is 4.72 Å². The van der Waals surface area contributed by atoms with Crippen LogP contribution in [0.5, 0.6) is 0 Å². The molecule has 0 bridgehead atoms. The Hall–Kier alpha value is -0.810. The summed E-state index contributed by atoms with van der Waals surface area (Å²) >= 11 is 1.38. The summed E-state index contributed by atoms with van der Waals surface area (Å²) in [5, 5.41) is 0. The number of amides is 1. The van der Waals surface area contributed by atoms with Gasteiger partial charge in [0.2, 0.25) is 5.91 Å². The first kappa shape index (κ1) is 28.7. The third-order valence-corrected chi connectivity index (χ3v) is 14.1. The maximum absolute atomic E-state index is 12.7. The lowest BCUT2D eigenvalue weighted by molar-refractivity contribution is -0.138. The molecule has 1 amide bonds. The molecule has 8 unspecified atom stereocenters. The van der Waals surface area contributed by atoms with Crippen molar-refractivity contribution in [1.82, 2.24) is 4.72 Å². The molecular weight excluding hydrogens is 507 g/mol. The topological polar surface area (TPSA) is 46.2 Å². The summed E-state index contributed by atoms with van der Waals surface area (Å²) < 4.78 is 14.6. The van der Waals surface area contributed by atoms with Crippen LogP contribution >= 0.6 is 11.9 Å². The summed E-state index contributed by atoms with van der Waals surface area (Å²) in [6.07, 6.45) is 17.7. The van der Waals surface area contributed by atoms with E-state index in [1.54, 1.807) is 6.26 Å². The molecule has 0 aromatic heterocycles. The molecule has 0 aliphatic heterocycles. The van der Waals surface area contributed by atoms with E-state index in [9.17, 15) is 9.00 Å². The number of carbonyl (C=O) groups excluding carboxylic acids is 1. The maximum atomic E-state index is 12.7. The van der Waals surface area contributed by atoms with Crippen molar-refractivity contribution in [2.24, 2.45) is 52.3 Å². The number of fused-ring (bicyclic) bond motifs is 5. The van der Waals surface area contributed by atoms with Gasteiger partial charge in [0.15, 0.2) is 0 Å². The summed E-state index contributed by atoms with van der Waals surface area (Å²) in [4.78, 5) is 14.5. The molecule has 0 heterocycles. The minimum absolute atomic E-state index is 0.128. The third-order valence-electron chi connectivity index (χ3n) is 12.3. The van der Waals surface area contributed by atoms with Crippen molar-refractivity contribution in [2.45, 2.75) is 115 Å². The Morgan fingerprint density at radius 3 is 2.47 bits per heavy atom. The van der Waals surface area contributed by atoms with Gasteiger partial charge in [-0.3, -0.25) is 13.7 Å². The van der Waals surface area contributed by atoms with E-state index < -0.39 is 10.8 Å². The minimum atomic E-state index is -0.972. The van der Waals surface area contributed by atoms with E-state index in [1.807, 2.05) is 24.3 Å². The molecule has 5 heteroatoms. The van der Waals surface area contributed by atoms with Crippen LogP contribution in [0.3, 0.4) is 0 Å². The third kappa shape index (κ3) is 5.29. The SMILES string of the molecule is CC[C@H]1CC2C(CCC3(C)C2CCC3[C@H](C)CCC(=O)NSc2ccc(S(C)=O)cc2)C2(C)CCCCC12. The molecule has 38 heavy (non-hydrogen) atoms. The Kier molecular flexibility index (Phi) is 8.75. The number of nitrogens with one attached hydrogen (secondary N) is 1. The number of rotatable bonds is 8. The Balaban J connectivity index is 1.18. The molecule has 0 radical (unpaired) electrons. The molecule has 0 saturated heterocycles. The normalized spacial score (nSPS) is 39.9. The fraction of sp³-hybridized carbons (Fsp3) is 0.788. The molecule has 3 nitrogen and oxygen atoms in total. The lowest BCUT2D eigenvalue weighted by atomic mass is 9.42. The second-order valence-electron chi connectivity index (χ2n) is 13.9. The van der Waals surface area contributed by atoms with Crippen molar-refractivity contribution < 1.29 is 9.00 Å². The Labute approximate surface area is 239 Å². The highest BCUT2D eigenvalue weighted by Crippen LogP contribution is 2.69. The summed E-state index contributed by atoms with van der Waals surface area (Å²) in [7, 11) is -0.972. The standard InChI is InChI=1S/C33H51NO2S2/c1-6-23-21-26-29-16-15-27(33(29,4)20-18-30(26)32(3)19-8-7-9-28(23)32)22(2)10-17-31(35)34-37-24-11-13-25(14-12-24)38(5)36/h11-14,22-23,26-30H,6-10,15-21H2,1-5H3,(H,34,35)/t22-,23+,26?,27?,28?,29?,30?,32?,33?,38?/m1/s1. The lowest BCUT2D eigenvalue weighted by Gasteiger charge is -2.63. The van der Waals surface area contributed by atoms with Crippen molar-refractivity contribution in [3.63, 3.8) is 0 Å². The zero-order chi connectivity index (χ0) is 27.1. The van der Waals surface area contributed by atoms with Gasteiger partial charge in [0, 0.05) is 33.3 Å². The molecule has 1 aromatic rings. The molecule has 0 spiro atoms. The van der Waals surface area contributed by atoms with Crippen molar-refractivity contribution >= 4 is 28.7 Å². The van der Waals surface area contributed by atoms with E-state index >= 15 is 0 Å². The van der Waals surface area contributed by atoms with E-state index in [0.717, 1.165) is 51.7 Å². The van der Waals surface area contributed by atoms with Crippen LogP contribution in [0.2, 0.25) is 0 Å². The van der Waals surface area contributed by atoms with Gasteiger partial charge in [0.25, 0.3) is 0 Å². The summed E-state index contributed by atoms with van der Waals surface area (Å²) in [6.45, 7) is 10.3. The molecular formula is C33H51NO2S2. The highest BCUT2D eigenvalue weighted by molar-refractivity contribution is 7.98. The maximum Gasteiger partial charge on any atom is 0.230 e. The van der Waals surface area contributed by atoms with Crippen LogP contribution in [-0.2, 0) is 15.6 Å². The predicted molar refractivity (Wildman–Crippen MR) is 160 cm³/mol. The van der Waals surface area contributed by atoms with E-state index in [1.165, 1.54) is 76.2 Å². The molecule has 10 atom stereocenters. The van der Waals surface area contributed by atoms with Gasteiger partial charge in [-0.05, 0) is 140 Å². The molecule has 212 valence electrons. The number of hydrogen-bond acceptors (Lipinski definition) is 3. The first-order valence-electron chi connectivity index (χ1n) is 15.6. The van der Waals surface area contributed by atoms with Crippen molar-refractivity contribution in [1.29, 1.82) is 0 Å². The number of carbonyl (C=O) groups is 1. The van der Waals surface area contributed by atoms with Gasteiger partial charge in [0.1, 0.15) is 0 Å². The molecule has 4 fully saturated rings. The van der Waals surface area contributed by atoms with Gasteiger partial charge >= 0.3 is 0 Å². The monoisotopic (exact) mass is 557 g/mol. The second kappa shape index (κ2) is 11.6. The Bertz CT molecular complexity index is 1010. The average molecular weight is 558 g/mol. The fourth-order valence-electron chi connectivity index (χ4n) is 10.4. The Morgan fingerprint density at radius 2 is 1.76 bits per heavy atom. The summed E-state index contributed by atoms with van der Waals surface area (Å²) in [6, 6.07) is 7.62. The molecule has 4 saturated carbocycles. The van der Waals surface area contributed by atoms with Crippen LogP contribution in [0.1, 0.15) is 105 Å². The van der Waals surface area contributed by atoms with Crippen LogP contribution in [0.15, 0.2) is 34.1 Å². The quantitative estimate of drug-likeness (QED) is 0.325. The van der Waals surface area contributed by atoms with Gasteiger partial charge in [0.05, 0.1) is 0 Å². The van der Waals surface area contributed by atoms with Crippen LogP contribution in [0.25, 0.3) is 0 Å². The number of hydrogen-bond donors (Lipinski definition) is 1. The van der Waals surface area contributed by atoms with Gasteiger partial charge < -0.3 is 0 Å². The van der Waals surface area contributed by atoms with E-state index in [-0.39, 0.29) is 5.91 Å². The summed E-state index contributed by atoms with van der Waals surface area (Å²) in [5.74, 6) is 6.20. The van der Waals surface area contributed by atoms with Crippen molar-refractivity contribution in [3.05, 3.63) is 24.3 Å². The predicted octanol–water partition coefficient (Wildman–Crippen LogP) is 8.65. The van der Waals surface area contributed by atoms with Gasteiger partial charge in [-0.25, -0.2) is 0 Å². The lowest BCUT2D eigenvalue weighted by Crippen LogP contribution is -2.55. The second-order valence-corrected chi connectivity index (χ2v) is 16.2.